The van der Waals surface area contributed by atoms with Gasteiger partial charge >= 0.3 is 0 Å². The first-order valence-corrected chi connectivity index (χ1v) is 12.1. The van der Waals surface area contributed by atoms with E-state index in [1.165, 1.54) is 11.8 Å². The number of hydrogen-bond acceptors (Lipinski definition) is 4. The van der Waals surface area contributed by atoms with E-state index in [0.717, 1.165) is 44.8 Å². The smallest absolute Gasteiger partial charge is 0.229 e. The van der Waals surface area contributed by atoms with Crippen LogP contribution in [0.4, 0.5) is 5.69 Å². The molecule has 31 heavy (non-hydrogen) atoms. The fraction of sp³-hybridized carbons (Fsp3) is 0.240. The highest BCUT2D eigenvalue weighted by Gasteiger charge is 2.28. The summed E-state index contributed by atoms with van der Waals surface area (Å²) in [5, 5.41) is 0. The van der Waals surface area contributed by atoms with Crippen LogP contribution in [0.5, 0.6) is 0 Å². The average Bonchev–Trinajstić information content (AvgIpc) is 2.78. The number of rotatable bonds is 3. The summed E-state index contributed by atoms with van der Waals surface area (Å²) in [5.41, 5.74) is 9.48. The summed E-state index contributed by atoms with van der Waals surface area (Å²) in [4.78, 5) is 7.10. The largest absolute Gasteiger partial charge is 0.351 e. The lowest BCUT2D eigenvalue weighted by atomic mass is 9.87. The second-order valence-electron chi connectivity index (χ2n) is 8.35. The summed E-state index contributed by atoms with van der Waals surface area (Å²) in [7, 11) is -1.44. The molecule has 5 nitrogen and oxygen atoms in total. The van der Waals surface area contributed by atoms with Crippen molar-refractivity contribution in [2.45, 2.75) is 26.8 Å². The van der Waals surface area contributed by atoms with Gasteiger partial charge in [0.2, 0.25) is 10.0 Å². The van der Waals surface area contributed by atoms with E-state index in [2.05, 4.69) is 61.7 Å². The molecule has 0 spiro atoms. The minimum Gasteiger partial charge on any atom is -0.351 e. The number of nitrogens with zero attached hydrogens (tertiary/aromatic N) is 2. The van der Waals surface area contributed by atoms with E-state index in [0.29, 0.717) is 5.69 Å². The van der Waals surface area contributed by atoms with Gasteiger partial charge in [-0.25, -0.2) is 8.42 Å². The quantitative estimate of drug-likeness (QED) is 0.767. The summed E-state index contributed by atoms with van der Waals surface area (Å²) >= 11 is 0. The van der Waals surface area contributed by atoms with E-state index >= 15 is 0 Å². The van der Waals surface area contributed by atoms with Gasteiger partial charge in [0.1, 0.15) is 0 Å². The van der Waals surface area contributed by atoms with Gasteiger partial charge in [0.25, 0.3) is 0 Å². The normalized spacial score (nSPS) is 18.4. The number of hydrogen-bond donors (Lipinski definition) is 1. The molecule has 2 heterocycles. The van der Waals surface area contributed by atoms with Crippen molar-refractivity contribution in [1.29, 1.82) is 0 Å². The van der Waals surface area contributed by atoms with Crippen molar-refractivity contribution in [3.8, 4) is 0 Å². The first-order chi connectivity index (χ1) is 14.5. The monoisotopic (exact) mass is 433 g/mol. The standard InChI is InChI=1S/C25H27N3O2S/c1-15-7-9-19(10-8-15)25-22-11-16(2)24(27-31(6,29)30)13-21(22)23-14-28(5)17(3)12-20(23)18(4)26-25/h7-14,18,27H,3H2,1-2,4-6H3/t18-/m0/s1. The van der Waals surface area contributed by atoms with Crippen LogP contribution in [0.15, 0.2) is 71.5 Å². The molecular formula is C25H27N3O2S. The molecule has 1 atom stereocenters. The highest BCUT2D eigenvalue weighted by Crippen LogP contribution is 2.40. The maximum absolute atomic E-state index is 12.0. The van der Waals surface area contributed by atoms with Gasteiger partial charge in [-0.05, 0) is 55.7 Å². The number of nitrogens with one attached hydrogen (secondary N) is 1. The SMILES string of the molecule is C=C1C=C2C(=CN1C)c1cc(NS(C)(=O)=O)c(C)cc1C(c1ccc(C)cc1)=N[C@H]2C. The number of aliphatic imine (C=N–C) groups is 1. The Morgan fingerprint density at radius 3 is 2.42 bits per heavy atom. The molecule has 2 aromatic rings. The Morgan fingerprint density at radius 1 is 1.10 bits per heavy atom. The lowest BCUT2D eigenvalue weighted by molar-refractivity contribution is 0.584. The predicted octanol–water partition coefficient (Wildman–Crippen LogP) is 4.64. The Hall–Kier alpha value is -3.12. The van der Waals surface area contributed by atoms with Crippen LogP contribution < -0.4 is 4.72 Å². The van der Waals surface area contributed by atoms with Crippen molar-refractivity contribution in [2.75, 3.05) is 18.0 Å². The highest BCUT2D eigenvalue weighted by atomic mass is 32.2. The van der Waals surface area contributed by atoms with Gasteiger partial charge in [-0.3, -0.25) is 9.71 Å². The molecule has 0 aromatic heterocycles. The first kappa shape index (κ1) is 21.1. The summed E-state index contributed by atoms with van der Waals surface area (Å²) < 4.78 is 26.6. The fourth-order valence-electron chi connectivity index (χ4n) is 3.99. The molecular weight excluding hydrogens is 406 g/mol. The second-order valence-corrected chi connectivity index (χ2v) is 10.1. The molecule has 0 radical (unpaired) electrons. The average molecular weight is 434 g/mol. The van der Waals surface area contributed by atoms with Crippen molar-refractivity contribution in [3.63, 3.8) is 0 Å². The van der Waals surface area contributed by atoms with Crippen LogP contribution in [-0.4, -0.2) is 38.4 Å². The zero-order valence-electron chi connectivity index (χ0n) is 18.5. The molecule has 160 valence electrons. The number of allylic oxidation sites excluding steroid dienone is 1. The molecule has 4 rings (SSSR count). The van der Waals surface area contributed by atoms with E-state index in [4.69, 9.17) is 4.99 Å². The maximum atomic E-state index is 12.0. The Balaban J connectivity index is 2.02. The molecule has 6 heteroatoms. The minimum atomic E-state index is -3.40. The maximum Gasteiger partial charge on any atom is 0.229 e. The van der Waals surface area contributed by atoms with Crippen molar-refractivity contribution >= 4 is 27.0 Å². The van der Waals surface area contributed by atoms with Gasteiger partial charge in [0.15, 0.2) is 0 Å². The van der Waals surface area contributed by atoms with Crippen LogP contribution in [-0.2, 0) is 10.0 Å². The number of anilines is 1. The van der Waals surface area contributed by atoms with Gasteiger partial charge in [-0.2, -0.15) is 0 Å². The van der Waals surface area contributed by atoms with Crippen molar-refractivity contribution < 1.29 is 8.42 Å². The number of aryl methyl sites for hydroxylation is 2. The molecule has 0 saturated carbocycles. The molecule has 0 fully saturated rings. The molecule has 0 aliphatic carbocycles. The summed E-state index contributed by atoms with van der Waals surface area (Å²) in [6.07, 6.45) is 5.29. The van der Waals surface area contributed by atoms with Crippen molar-refractivity contribution in [1.82, 2.24) is 4.90 Å². The molecule has 0 bridgehead atoms. The van der Waals surface area contributed by atoms with Gasteiger partial charge in [0, 0.05) is 35.6 Å². The Bertz CT molecular complexity index is 1280. The Labute approximate surface area is 184 Å². The molecule has 1 N–H and O–H groups in total. The second kappa shape index (κ2) is 7.54. The zero-order chi connectivity index (χ0) is 22.5. The van der Waals surface area contributed by atoms with E-state index in [9.17, 15) is 8.42 Å². The van der Waals surface area contributed by atoms with E-state index in [1.807, 2.05) is 31.0 Å². The molecule has 2 aliphatic heterocycles. The third-order valence-electron chi connectivity index (χ3n) is 5.71. The van der Waals surface area contributed by atoms with Crippen LogP contribution in [0.3, 0.4) is 0 Å². The Kier molecular flexibility index (Phi) is 5.13. The fourth-order valence-corrected chi connectivity index (χ4v) is 4.61. The van der Waals surface area contributed by atoms with Crippen LogP contribution in [0, 0.1) is 13.8 Å². The number of likely N-dealkylation sites (N-methyl/N-ethyl adjacent to an activating group) is 1. The summed E-state index contributed by atoms with van der Waals surface area (Å²) in [6, 6.07) is 12.2. The summed E-state index contributed by atoms with van der Waals surface area (Å²) in [5.74, 6) is 0. The molecule has 2 aromatic carbocycles. The van der Waals surface area contributed by atoms with E-state index in [-0.39, 0.29) is 6.04 Å². The molecule has 0 saturated heterocycles. The van der Waals surface area contributed by atoms with Gasteiger partial charge < -0.3 is 4.90 Å². The lowest BCUT2D eigenvalue weighted by Crippen LogP contribution is -2.17. The number of sulfonamides is 1. The van der Waals surface area contributed by atoms with Crippen LogP contribution in [0.2, 0.25) is 0 Å². The Morgan fingerprint density at radius 2 is 1.77 bits per heavy atom. The molecule has 0 unspecified atom stereocenters. The zero-order valence-corrected chi connectivity index (χ0v) is 19.3. The van der Waals surface area contributed by atoms with Crippen LogP contribution in [0.25, 0.3) is 5.57 Å². The lowest BCUT2D eigenvalue weighted by Gasteiger charge is -2.27. The van der Waals surface area contributed by atoms with Gasteiger partial charge in [-0.15, -0.1) is 0 Å². The van der Waals surface area contributed by atoms with Crippen LogP contribution >= 0.6 is 0 Å². The minimum absolute atomic E-state index is 0.0768. The third-order valence-corrected chi connectivity index (χ3v) is 6.30. The molecule has 0 amide bonds. The third kappa shape index (κ3) is 4.08. The van der Waals surface area contributed by atoms with Crippen molar-refractivity contribution in [2.24, 2.45) is 4.99 Å². The van der Waals surface area contributed by atoms with Crippen LogP contribution in [0.1, 0.15) is 34.7 Å². The topological polar surface area (TPSA) is 61.8 Å². The van der Waals surface area contributed by atoms with Gasteiger partial charge in [0.05, 0.1) is 23.7 Å². The number of benzene rings is 2. The number of fused-ring (bicyclic) bond motifs is 3. The van der Waals surface area contributed by atoms with Gasteiger partial charge in [-0.1, -0.05) is 36.4 Å². The van der Waals surface area contributed by atoms with E-state index < -0.39 is 10.0 Å². The summed E-state index contributed by atoms with van der Waals surface area (Å²) in [6.45, 7) is 10.2. The highest BCUT2D eigenvalue weighted by molar-refractivity contribution is 7.92. The molecule has 2 aliphatic rings. The van der Waals surface area contributed by atoms with Crippen molar-refractivity contribution in [3.05, 3.63) is 94.3 Å². The van der Waals surface area contributed by atoms with E-state index in [1.54, 1.807) is 0 Å². The first-order valence-electron chi connectivity index (χ1n) is 10.2. The predicted molar refractivity (Wildman–Crippen MR) is 129 cm³/mol.